The first-order valence-electron chi connectivity index (χ1n) is 9.16. The molecule has 0 aromatic carbocycles. The Labute approximate surface area is 132 Å². The zero-order valence-electron chi connectivity index (χ0n) is 15.0. The van der Waals surface area contributed by atoms with Gasteiger partial charge in [0, 0.05) is 19.2 Å². The van der Waals surface area contributed by atoms with Crippen LogP contribution in [0.1, 0.15) is 79.6 Å². The summed E-state index contributed by atoms with van der Waals surface area (Å²) in [6, 6.07) is 0.827. The van der Waals surface area contributed by atoms with Crippen LogP contribution in [0.2, 0.25) is 0 Å². The number of nitrogens with one attached hydrogen (secondary N) is 1. The Hall–Kier alpha value is -0.0800. The van der Waals surface area contributed by atoms with Crippen molar-refractivity contribution in [3.63, 3.8) is 0 Å². The average molecular weight is 296 g/mol. The van der Waals surface area contributed by atoms with Crippen molar-refractivity contribution in [1.82, 2.24) is 5.32 Å². The molecule has 0 atom stereocenters. The van der Waals surface area contributed by atoms with Crippen molar-refractivity contribution >= 4 is 0 Å². The van der Waals surface area contributed by atoms with Crippen LogP contribution in [0.3, 0.4) is 0 Å². The largest absolute Gasteiger partial charge is 0.379 e. The minimum absolute atomic E-state index is 0.365. The van der Waals surface area contributed by atoms with Gasteiger partial charge in [-0.3, -0.25) is 0 Å². The highest BCUT2D eigenvalue weighted by Gasteiger charge is 2.39. The van der Waals surface area contributed by atoms with Gasteiger partial charge in [-0.05, 0) is 75.5 Å². The maximum atomic E-state index is 5.86. The van der Waals surface area contributed by atoms with Crippen molar-refractivity contribution in [2.75, 3.05) is 13.2 Å². The van der Waals surface area contributed by atoms with Crippen molar-refractivity contribution in [3.05, 3.63) is 0 Å². The molecule has 0 aromatic rings. The molecule has 0 unspecified atom stereocenters. The SMILES string of the molecule is CC(C)OCCC1(CNC2CC2)CCC(C(C)(C)C)CC1. The molecule has 2 saturated carbocycles. The normalized spacial score (nSPS) is 30.9. The second kappa shape index (κ2) is 7.00. The van der Waals surface area contributed by atoms with Gasteiger partial charge in [0.25, 0.3) is 0 Å². The summed E-state index contributed by atoms with van der Waals surface area (Å²) in [6.07, 6.45) is 9.96. The fraction of sp³-hybridized carbons (Fsp3) is 1.00. The molecule has 2 nitrogen and oxygen atoms in total. The second-order valence-corrected chi connectivity index (χ2v) is 8.97. The molecule has 2 fully saturated rings. The number of hydrogen-bond donors (Lipinski definition) is 1. The van der Waals surface area contributed by atoms with Gasteiger partial charge in [-0.2, -0.15) is 0 Å². The Morgan fingerprint density at radius 3 is 2.19 bits per heavy atom. The highest BCUT2D eigenvalue weighted by molar-refractivity contribution is 4.93. The lowest BCUT2D eigenvalue weighted by molar-refractivity contribution is 0.0216. The van der Waals surface area contributed by atoms with E-state index < -0.39 is 0 Å². The van der Waals surface area contributed by atoms with Gasteiger partial charge in [-0.1, -0.05) is 20.8 Å². The van der Waals surface area contributed by atoms with Gasteiger partial charge >= 0.3 is 0 Å². The van der Waals surface area contributed by atoms with Gasteiger partial charge < -0.3 is 10.1 Å². The van der Waals surface area contributed by atoms with Gasteiger partial charge in [-0.15, -0.1) is 0 Å². The summed E-state index contributed by atoms with van der Waals surface area (Å²) in [6.45, 7) is 13.7. The van der Waals surface area contributed by atoms with Gasteiger partial charge in [-0.25, -0.2) is 0 Å². The van der Waals surface area contributed by atoms with E-state index in [1.54, 1.807) is 0 Å². The van der Waals surface area contributed by atoms with E-state index in [0.717, 1.165) is 18.6 Å². The highest BCUT2D eigenvalue weighted by atomic mass is 16.5. The van der Waals surface area contributed by atoms with E-state index >= 15 is 0 Å². The Kier molecular flexibility index (Phi) is 5.76. The Balaban J connectivity index is 1.86. The fourth-order valence-electron chi connectivity index (χ4n) is 3.77. The van der Waals surface area contributed by atoms with Gasteiger partial charge in [0.05, 0.1) is 6.10 Å². The third-order valence-corrected chi connectivity index (χ3v) is 5.70. The van der Waals surface area contributed by atoms with E-state index in [4.69, 9.17) is 4.74 Å². The van der Waals surface area contributed by atoms with Crippen LogP contribution in [-0.4, -0.2) is 25.3 Å². The molecule has 0 heterocycles. The average Bonchev–Trinajstić information content (AvgIpc) is 3.19. The first-order chi connectivity index (χ1) is 9.81. The lowest BCUT2D eigenvalue weighted by atomic mass is 9.63. The Bertz CT molecular complexity index is 306. The highest BCUT2D eigenvalue weighted by Crippen LogP contribution is 2.47. The quantitative estimate of drug-likeness (QED) is 0.730. The summed E-state index contributed by atoms with van der Waals surface area (Å²) >= 11 is 0. The first-order valence-corrected chi connectivity index (χ1v) is 9.16. The summed E-state index contributed by atoms with van der Waals surface area (Å²) in [5.41, 5.74) is 0.976. The first kappa shape index (κ1) is 17.3. The maximum absolute atomic E-state index is 5.86. The molecular formula is C19H37NO. The standard InChI is InChI=1S/C19H37NO/c1-15(2)21-13-12-19(14-20-17-6-7-17)10-8-16(9-11-19)18(3,4)5/h15-17,20H,6-14H2,1-5H3. The summed E-state index contributed by atoms with van der Waals surface area (Å²) in [7, 11) is 0. The van der Waals surface area contributed by atoms with Crippen LogP contribution < -0.4 is 5.32 Å². The smallest absolute Gasteiger partial charge is 0.0518 e. The molecule has 0 radical (unpaired) electrons. The maximum Gasteiger partial charge on any atom is 0.0518 e. The summed E-state index contributed by atoms with van der Waals surface area (Å²) in [5.74, 6) is 0.901. The molecule has 124 valence electrons. The number of ether oxygens (including phenoxy) is 1. The lowest BCUT2D eigenvalue weighted by Crippen LogP contribution is -2.41. The molecule has 0 saturated heterocycles. The third kappa shape index (κ3) is 5.56. The molecule has 0 amide bonds. The van der Waals surface area contributed by atoms with Crippen molar-refractivity contribution < 1.29 is 4.74 Å². The zero-order valence-corrected chi connectivity index (χ0v) is 15.0. The summed E-state index contributed by atoms with van der Waals surface area (Å²) in [5, 5.41) is 3.80. The van der Waals surface area contributed by atoms with Crippen LogP contribution >= 0.6 is 0 Å². The van der Waals surface area contributed by atoms with Crippen molar-refractivity contribution in [1.29, 1.82) is 0 Å². The van der Waals surface area contributed by atoms with E-state index in [2.05, 4.69) is 39.9 Å². The van der Waals surface area contributed by atoms with Gasteiger partial charge in [0.2, 0.25) is 0 Å². The van der Waals surface area contributed by atoms with Gasteiger partial charge in [0.15, 0.2) is 0 Å². The van der Waals surface area contributed by atoms with Crippen molar-refractivity contribution in [2.45, 2.75) is 91.7 Å². The van der Waals surface area contributed by atoms with E-state index in [1.807, 2.05) is 0 Å². The van der Waals surface area contributed by atoms with Crippen LogP contribution in [0.5, 0.6) is 0 Å². The summed E-state index contributed by atoms with van der Waals surface area (Å²) in [4.78, 5) is 0. The number of hydrogen-bond acceptors (Lipinski definition) is 2. The lowest BCUT2D eigenvalue weighted by Gasteiger charge is -2.44. The van der Waals surface area contributed by atoms with E-state index in [-0.39, 0.29) is 0 Å². The Morgan fingerprint density at radius 1 is 1.10 bits per heavy atom. The molecular weight excluding hydrogens is 258 g/mol. The van der Waals surface area contributed by atoms with Crippen molar-refractivity contribution in [3.8, 4) is 0 Å². The minimum Gasteiger partial charge on any atom is -0.379 e. The molecule has 0 aromatic heterocycles. The monoisotopic (exact) mass is 295 g/mol. The molecule has 21 heavy (non-hydrogen) atoms. The minimum atomic E-state index is 0.365. The van der Waals surface area contributed by atoms with Crippen molar-refractivity contribution in [2.24, 2.45) is 16.7 Å². The number of rotatable bonds is 7. The molecule has 0 spiro atoms. The van der Waals surface area contributed by atoms with Crippen LogP contribution in [-0.2, 0) is 4.74 Å². The van der Waals surface area contributed by atoms with E-state index in [9.17, 15) is 0 Å². The fourth-order valence-corrected chi connectivity index (χ4v) is 3.77. The molecule has 2 heteroatoms. The van der Waals surface area contributed by atoms with Gasteiger partial charge in [0.1, 0.15) is 0 Å². The zero-order chi connectivity index (χ0) is 15.5. The van der Waals surface area contributed by atoms with Crippen LogP contribution in [0, 0.1) is 16.7 Å². The third-order valence-electron chi connectivity index (χ3n) is 5.70. The van der Waals surface area contributed by atoms with Crippen LogP contribution in [0.25, 0.3) is 0 Å². The predicted molar refractivity (Wildman–Crippen MR) is 90.6 cm³/mol. The molecule has 2 aliphatic rings. The molecule has 1 N–H and O–H groups in total. The predicted octanol–water partition coefficient (Wildman–Crippen LogP) is 4.78. The second-order valence-electron chi connectivity index (χ2n) is 8.97. The van der Waals surface area contributed by atoms with E-state index in [0.29, 0.717) is 16.9 Å². The molecule has 2 rings (SSSR count). The van der Waals surface area contributed by atoms with E-state index in [1.165, 1.54) is 51.5 Å². The van der Waals surface area contributed by atoms with Crippen LogP contribution in [0.15, 0.2) is 0 Å². The topological polar surface area (TPSA) is 21.3 Å². The molecule has 2 aliphatic carbocycles. The Morgan fingerprint density at radius 2 is 1.71 bits per heavy atom. The van der Waals surface area contributed by atoms with Crippen LogP contribution in [0.4, 0.5) is 0 Å². The molecule has 0 bridgehead atoms. The molecule has 0 aliphatic heterocycles. The summed E-state index contributed by atoms with van der Waals surface area (Å²) < 4.78 is 5.86.